The van der Waals surface area contributed by atoms with Crippen molar-refractivity contribution in [3.8, 4) is 17.2 Å². The van der Waals surface area contributed by atoms with Crippen molar-refractivity contribution in [1.82, 2.24) is 9.78 Å². The fraction of sp³-hybridized carbons (Fsp3) is 0.150. The topological polar surface area (TPSA) is 82.5 Å². The van der Waals surface area contributed by atoms with Crippen LogP contribution in [0, 0.1) is 6.92 Å². The third-order valence-electron chi connectivity index (χ3n) is 4.45. The number of hydrogen-bond acceptors (Lipinski definition) is 5. The lowest BCUT2D eigenvalue weighted by atomic mass is 10.1. The van der Waals surface area contributed by atoms with Crippen LogP contribution in [0.4, 0.5) is 5.69 Å². The van der Waals surface area contributed by atoms with E-state index in [1.807, 2.05) is 12.1 Å². The maximum atomic E-state index is 12.8. The van der Waals surface area contributed by atoms with Crippen LogP contribution in [0.1, 0.15) is 33.3 Å². The minimum Gasteiger partial charge on any atom is -0.454 e. The van der Waals surface area contributed by atoms with Gasteiger partial charge in [-0.15, -0.1) is 0 Å². The van der Waals surface area contributed by atoms with Crippen LogP contribution in [0.5, 0.6) is 11.5 Å². The molecule has 0 aliphatic carbocycles. The molecule has 142 valence electrons. The van der Waals surface area contributed by atoms with Gasteiger partial charge in [-0.3, -0.25) is 9.59 Å². The van der Waals surface area contributed by atoms with Crippen molar-refractivity contribution < 1.29 is 19.1 Å². The largest absolute Gasteiger partial charge is 0.454 e. The van der Waals surface area contributed by atoms with Crippen LogP contribution in [-0.2, 0) is 0 Å². The summed E-state index contributed by atoms with van der Waals surface area (Å²) in [5, 5.41) is 7.64. The van der Waals surface area contributed by atoms with Gasteiger partial charge in [-0.05, 0) is 38.1 Å². The van der Waals surface area contributed by atoms with E-state index in [2.05, 4.69) is 10.4 Å². The average Bonchev–Trinajstić information content (AvgIpc) is 3.26. The lowest BCUT2D eigenvalue weighted by molar-refractivity contribution is 0.101. The molecule has 0 saturated carbocycles. The Bertz CT molecular complexity index is 1110. The van der Waals surface area contributed by atoms with Crippen LogP contribution in [0.2, 0.25) is 5.02 Å². The van der Waals surface area contributed by atoms with Crippen molar-refractivity contribution >= 4 is 29.0 Å². The minimum absolute atomic E-state index is 0.0790. The summed E-state index contributed by atoms with van der Waals surface area (Å²) < 4.78 is 12.3. The highest BCUT2D eigenvalue weighted by molar-refractivity contribution is 6.30. The number of carbonyl (C=O) groups is 2. The number of hydrogen-bond donors (Lipinski definition) is 1. The minimum atomic E-state index is -0.382. The number of rotatable bonds is 4. The van der Waals surface area contributed by atoms with Crippen molar-refractivity contribution in [3.05, 3.63) is 64.4 Å². The number of benzene rings is 2. The molecule has 0 spiro atoms. The van der Waals surface area contributed by atoms with Gasteiger partial charge in [0.1, 0.15) is 0 Å². The zero-order valence-electron chi connectivity index (χ0n) is 15.2. The number of ether oxygens (including phenoxy) is 2. The Hall–Kier alpha value is -3.32. The van der Waals surface area contributed by atoms with Gasteiger partial charge in [0.25, 0.3) is 5.91 Å². The van der Waals surface area contributed by atoms with Gasteiger partial charge in [0.15, 0.2) is 17.3 Å². The van der Waals surface area contributed by atoms with Crippen LogP contribution in [0.25, 0.3) is 5.69 Å². The molecular formula is C20H16ClN3O4. The summed E-state index contributed by atoms with van der Waals surface area (Å²) in [6.07, 6.45) is 1.48. The first-order chi connectivity index (χ1) is 13.4. The monoisotopic (exact) mass is 397 g/mol. The molecule has 8 heteroatoms. The summed E-state index contributed by atoms with van der Waals surface area (Å²) in [7, 11) is 0. The van der Waals surface area contributed by atoms with E-state index in [1.165, 1.54) is 13.1 Å². The lowest BCUT2D eigenvalue weighted by Crippen LogP contribution is -2.15. The standard InChI is InChI=1S/C20H16ClN3O4/c1-11-16(9-22-24(11)14-5-3-4-13(21)6-14)20(26)23-17-8-19-18(27-10-28-19)7-15(17)12(2)25/h3-9H,10H2,1-2H3,(H,23,26). The van der Waals surface area contributed by atoms with Gasteiger partial charge >= 0.3 is 0 Å². The molecule has 0 fully saturated rings. The van der Waals surface area contributed by atoms with E-state index in [9.17, 15) is 9.59 Å². The Kier molecular flexibility index (Phi) is 4.52. The van der Waals surface area contributed by atoms with E-state index in [0.29, 0.717) is 39.0 Å². The molecule has 1 amide bonds. The number of carbonyl (C=O) groups excluding carboxylic acids is 2. The highest BCUT2D eigenvalue weighted by atomic mass is 35.5. The number of Topliss-reactive ketones (excluding diaryl/α,β-unsaturated/α-hetero) is 1. The molecule has 1 aromatic heterocycles. The first kappa shape index (κ1) is 18.1. The Morgan fingerprint density at radius 1 is 1.14 bits per heavy atom. The SMILES string of the molecule is CC(=O)c1cc2c(cc1NC(=O)c1cnn(-c3cccc(Cl)c3)c1C)OCO2. The van der Waals surface area contributed by atoms with E-state index in [1.54, 1.807) is 35.9 Å². The molecule has 1 aliphatic heterocycles. The number of ketones is 1. The van der Waals surface area contributed by atoms with Crippen molar-refractivity contribution in [2.75, 3.05) is 12.1 Å². The summed E-state index contributed by atoms with van der Waals surface area (Å²) in [6.45, 7) is 3.29. The molecule has 4 rings (SSSR count). The van der Waals surface area contributed by atoms with Crippen molar-refractivity contribution in [1.29, 1.82) is 0 Å². The van der Waals surface area contributed by atoms with Crippen molar-refractivity contribution in [3.63, 3.8) is 0 Å². The number of halogens is 1. The second kappa shape index (κ2) is 7.01. The highest BCUT2D eigenvalue weighted by Crippen LogP contribution is 2.37. The fourth-order valence-electron chi connectivity index (χ4n) is 3.03. The smallest absolute Gasteiger partial charge is 0.259 e. The molecule has 1 aliphatic rings. The Morgan fingerprint density at radius 3 is 2.61 bits per heavy atom. The third kappa shape index (κ3) is 3.20. The van der Waals surface area contributed by atoms with Crippen LogP contribution < -0.4 is 14.8 Å². The number of anilines is 1. The van der Waals surface area contributed by atoms with E-state index < -0.39 is 0 Å². The quantitative estimate of drug-likeness (QED) is 0.672. The second-order valence-corrected chi connectivity index (χ2v) is 6.73. The molecule has 2 aromatic carbocycles. The lowest BCUT2D eigenvalue weighted by Gasteiger charge is -2.11. The van der Waals surface area contributed by atoms with Crippen LogP contribution in [0.3, 0.4) is 0 Å². The average molecular weight is 398 g/mol. The summed E-state index contributed by atoms with van der Waals surface area (Å²) in [6, 6.07) is 10.3. The molecule has 3 aromatic rings. The van der Waals surface area contributed by atoms with Gasteiger partial charge < -0.3 is 14.8 Å². The third-order valence-corrected chi connectivity index (χ3v) is 4.68. The number of nitrogens with one attached hydrogen (secondary N) is 1. The fourth-order valence-corrected chi connectivity index (χ4v) is 3.21. The van der Waals surface area contributed by atoms with Gasteiger partial charge in [0.2, 0.25) is 6.79 Å². The normalized spacial score (nSPS) is 12.1. The zero-order chi connectivity index (χ0) is 19.8. The zero-order valence-corrected chi connectivity index (χ0v) is 15.9. The molecule has 1 N–H and O–H groups in total. The molecule has 7 nitrogen and oxygen atoms in total. The molecule has 0 atom stereocenters. The molecule has 2 heterocycles. The summed E-state index contributed by atoms with van der Waals surface area (Å²) in [5.41, 5.74) is 2.47. The molecule has 0 unspecified atom stereocenters. The number of nitrogens with zero attached hydrogens (tertiary/aromatic N) is 2. The Balaban J connectivity index is 1.66. The van der Waals surface area contributed by atoms with Gasteiger partial charge in [-0.25, -0.2) is 4.68 Å². The summed E-state index contributed by atoms with van der Waals surface area (Å²) in [5.74, 6) is 0.381. The predicted molar refractivity (Wildman–Crippen MR) is 104 cm³/mol. The van der Waals surface area contributed by atoms with Crippen LogP contribution in [-0.4, -0.2) is 28.3 Å². The Labute approximate surface area is 165 Å². The van der Waals surface area contributed by atoms with Crippen LogP contribution >= 0.6 is 11.6 Å². The second-order valence-electron chi connectivity index (χ2n) is 6.30. The van der Waals surface area contributed by atoms with E-state index in [0.717, 1.165) is 5.69 Å². The molecule has 0 radical (unpaired) electrons. The maximum Gasteiger partial charge on any atom is 0.259 e. The van der Waals surface area contributed by atoms with Crippen molar-refractivity contribution in [2.24, 2.45) is 0 Å². The summed E-state index contributed by atoms with van der Waals surface area (Å²) in [4.78, 5) is 24.8. The molecule has 0 saturated heterocycles. The summed E-state index contributed by atoms with van der Waals surface area (Å²) >= 11 is 6.04. The number of amides is 1. The van der Waals surface area contributed by atoms with Gasteiger partial charge in [-0.1, -0.05) is 17.7 Å². The first-order valence-corrected chi connectivity index (χ1v) is 8.88. The molecule has 0 bridgehead atoms. The van der Waals surface area contributed by atoms with E-state index in [-0.39, 0.29) is 18.5 Å². The van der Waals surface area contributed by atoms with E-state index >= 15 is 0 Å². The van der Waals surface area contributed by atoms with Crippen molar-refractivity contribution in [2.45, 2.75) is 13.8 Å². The number of aromatic nitrogens is 2. The van der Waals surface area contributed by atoms with Gasteiger partial charge in [-0.2, -0.15) is 5.10 Å². The highest BCUT2D eigenvalue weighted by Gasteiger charge is 2.22. The maximum absolute atomic E-state index is 12.8. The predicted octanol–water partition coefficient (Wildman–Crippen LogP) is 4.02. The number of fused-ring (bicyclic) bond motifs is 1. The molecule has 28 heavy (non-hydrogen) atoms. The Morgan fingerprint density at radius 2 is 1.89 bits per heavy atom. The van der Waals surface area contributed by atoms with E-state index in [4.69, 9.17) is 21.1 Å². The van der Waals surface area contributed by atoms with Gasteiger partial charge in [0, 0.05) is 16.7 Å². The van der Waals surface area contributed by atoms with Gasteiger partial charge in [0.05, 0.1) is 28.8 Å². The first-order valence-electron chi connectivity index (χ1n) is 8.50. The molecular weight excluding hydrogens is 382 g/mol. The van der Waals surface area contributed by atoms with Crippen LogP contribution in [0.15, 0.2) is 42.6 Å².